The standard InChI is InChI=1S/C33H27ClN10O19S6/c1-63-33-43-30(42-32(44-33)38-23-15-21(65(48,49)50)9-11-25(23)67(54,55)56)36-19-7-5-17(27(13-19)69(60,61)62)3-2-16-4-6-18(12-26(16)68(57,58)59)35-29-39-28(34)40-31(41-29)37-22-14-20(64(45,46)47)8-10-24(22)66(51,52)53/h2-15H,1H3,(H,45,46,47)(H,48,49,50)(H,51,52,53)(H,54,55,56)(H,57,58,59)(H,60,61,62)(H2,35,37,39,40,41)(H2,36,38,42,43,44)/b3-2+. The lowest BCUT2D eigenvalue weighted by atomic mass is 10.1. The van der Waals surface area contributed by atoms with Gasteiger partial charge < -0.3 is 26.0 Å². The maximum atomic E-state index is 12.6. The minimum absolute atomic E-state index is 0.151. The molecular formula is C33H27ClN10O19S6. The van der Waals surface area contributed by atoms with Gasteiger partial charge >= 0.3 is 6.01 Å². The Kier molecular flexibility index (Phi) is 14.3. The van der Waals surface area contributed by atoms with E-state index in [4.69, 9.17) is 16.3 Å². The molecule has 2 heterocycles. The van der Waals surface area contributed by atoms with Gasteiger partial charge in [-0.05, 0) is 83.4 Å². The largest absolute Gasteiger partial charge is 0.467 e. The van der Waals surface area contributed by atoms with E-state index in [-0.39, 0.29) is 22.5 Å². The van der Waals surface area contributed by atoms with Crippen molar-refractivity contribution in [2.75, 3.05) is 28.4 Å². The van der Waals surface area contributed by atoms with Gasteiger partial charge in [0.15, 0.2) is 0 Å². The number of rotatable bonds is 17. The van der Waals surface area contributed by atoms with Crippen LogP contribution >= 0.6 is 11.6 Å². The van der Waals surface area contributed by atoms with Crippen LogP contribution in [-0.4, -0.2) is 115 Å². The van der Waals surface area contributed by atoms with E-state index in [0.29, 0.717) is 36.4 Å². The Balaban J connectivity index is 1.29. The minimum atomic E-state index is -5.10. The van der Waals surface area contributed by atoms with Crippen LogP contribution in [0.5, 0.6) is 6.01 Å². The molecule has 0 aliphatic rings. The van der Waals surface area contributed by atoms with Crippen LogP contribution in [0.3, 0.4) is 0 Å². The van der Waals surface area contributed by atoms with Gasteiger partial charge in [-0.3, -0.25) is 27.3 Å². The van der Waals surface area contributed by atoms with Gasteiger partial charge in [0.25, 0.3) is 60.7 Å². The second-order valence-electron chi connectivity index (χ2n) is 13.2. The third kappa shape index (κ3) is 13.1. The second kappa shape index (κ2) is 19.1. The van der Waals surface area contributed by atoms with Gasteiger partial charge in [-0.15, -0.1) is 0 Å². The van der Waals surface area contributed by atoms with Crippen molar-refractivity contribution in [3.8, 4) is 6.01 Å². The van der Waals surface area contributed by atoms with Gasteiger partial charge in [-0.25, -0.2) is 0 Å². The molecule has 0 aliphatic heterocycles. The van der Waals surface area contributed by atoms with Crippen LogP contribution in [0.15, 0.2) is 102 Å². The molecule has 0 saturated heterocycles. The van der Waals surface area contributed by atoms with Gasteiger partial charge in [-0.1, -0.05) is 24.3 Å². The lowest BCUT2D eigenvalue weighted by Gasteiger charge is -2.13. The summed E-state index contributed by atoms with van der Waals surface area (Å²) in [6.45, 7) is 0. The van der Waals surface area contributed by atoms with E-state index in [2.05, 4.69) is 51.2 Å². The predicted octanol–water partition coefficient (Wildman–Crippen LogP) is 3.34. The van der Waals surface area contributed by atoms with Crippen molar-refractivity contribution in [2.24, 2.45) is 0 Å². The van der Waals surface area contributed by atoms with Crippen LogP contribution in [0.25, 0.3) is 12.2 Å². The second-order valence-corrected chi connectivity index (χ2v) is 22.0. The molecule has 0 fully saturated rings. The Hall–Kier alpha value is -6.61. The zero-order chi connectivity index (χ0) is 51.1. The monoisotopic (exact) mass is 1090 g/mol. The highest BCUT2D eigenvalue weighted by Gasteiger charge is 2.24. The summed E-state index contributed by atoms with van der Waals surface area (Å²) in [6, 6.07) is 9.88. The first kappa shape index (κ1) is 51.8. The fraction of sp³-hybridized carbons (Fsp3) is 0.0303. The summed E-state index contributed by atoms with van der Waals surface area (Å²) < 4.78 is 209. The van der Waals surface area contributed by atoms with E-state index in [9.17, 15) is 77.8 Å². The Morgan fingerprint density at radius 3 is 1.13 bits per heavy atom. The zero-order valence-corrected chi connectivity index (χ0v) is 39.2. The fourth-order valence-electron chi connectivity index (χ4n) is 5.63. The normalized spacial score (nSPS) is 12.7. The van der Waals surface area contributed by atoms with Crippen LogP contribution in [0.1, 0.15) is 11.1 Å². The summed E-state index contributed by atoms with van der Waals surface area (Å²) in [7, 11) is -28.9. The lowest BCUT2D eigenvalue weighted by molar-refractivity contribution is 0.380. The average Bonchev–Trinajstić information content (AvgIpc) is 3.21. The fourth-order valence-corrected chi connectivity index (χ4v) is 9.48. The maximum absolute atomic E-state index is 12.6. The summed E-state index contributed by atoms with van der Waals surface area (Å²) in [5.41, 5.74) is -2.13. The number of ether oxygens (including phenoxy) is 1. The number of halogens is 1. The Bertz CT molecular complexity index is 3810. The number of methoxy groups -OCH3 is 1. The summed E-state index contributed by atoms with van der Waals surface area (Å²) in [5.74, 6) is -2.03. The van der Waals surface area contributed by atoms with Crippen molar-refractivity contribution in [2.45, 2.75) is 29.4 Å². The van der Waals surface area contributed by atoms with Crippen LogP contribution in [0, 0.1) is 0 Å². The molecule has 6 rings (SSSR count). The van der Waals surface area contributed by atoms with E-state index in [1.807, 2.05) is 0 Å². The average molecular weight is 1100 g/mol. The molecule has 2 aromatic heterocycles. The van der Waals surface area contributed by atoms with Gasteiger partial charge in [0.05, 0.1) is 28.3 Å². The van der Waals surface area contributed by atoms with E-state index in [1.54, 1.807) is 0 Å². The van der Waals surface area contributed by atoms with Crippen molar-refractivity contribution < 1.29 is 82.6 Å². The minimum Gasteiger partial charge on any atom is -0.467 e. The van der Waals surface area contributed by atoms with E-state index < -0.39 is 137 Å². The van der Waals surface area contributed by atoms with Crippen molar-refractivity contribution in [3.63, 3.8) is 0 Å². The lowest BCUT2D eigenvalue weighted by Crippen LogP contribution is -2.10. The Labute approximate surface area is 394 Å². The topological polar surface area (TPSA) is 461 Å². The zero-order valence-electron chi connectivity index (χ0n) is 33.6. The summed E-state index contributed by atoms with van der Waals surface area (Å²) in [6.07, 6.45) is 2.07. The van der Waals surface area contributed by atoms with Gasteiger partial charge in [-0.2, -0.15) is 80.4 Å². The first-order chi connectivity index (χ1) is 31.8. The highest BCUT2D eigenvalue weighted by molar-refractivity contribution is 7.87. The summed E-state index contributed by atoms with van der Waals surface area (Å²) in [5, 5.41) is 9.25. The molecule has 0 spiro atoms. The highest BCUT2D eigenvalue weighted by atomic mass is 35.5. The van der Waals surface area contributed by atoms with Crippen LogP contribution in [-0.2, 0) is 60.7 Å². The quantitative estimate of drug-likeness (QED) is 0.0462. The van der Waals surface area contributed by atoms with Crippen molar-refractivity contribution >= 4 is 131 Å². The highest BCUT2D eigenvalue weighted by Crippen LogP contribution is 2.32. The van der Waals surface area contributed by atoms with Gasteiger partial charge in [0.2, 0.25) is 29.1 Å². The molecule has 0 radical (unpaired) electrons. The first-order valence-corrected chi connectivity index (χ1v) is 26.7. The molecule has 0 bridgehead atoms. The van der Waals surface area contributed by atoms with E-state index in [1.165, 1.54) is 12.1 Å². The van der Waals surface area contributed by atoms with Crippen molar-refractivity contribution in [1.29, 1.82) is 0 Å². The van der Waals surface area contributed by atoms with Crippen LogP contribution < -0.4 is 26.0 Å². The first-order valence-electron chi connectivity index (χ1n) is 17.7. The Morgan fingerprint density at radius 1 is 0.435 bits per heavy atom. The smallest absolute Gasteiger partial charge is 0.322 e. The van der Waals surface area contributed by atoms with Crippen molar-refractivity contribution in [1.82, 2.24) is 29.9 Å². The molecule has 6 aromatic rings. The summed E-state index contributed by atoms with van der Waals surface area (Å²) in [4.78, 5) is 18.3. The van der Waals surface area contributed by atoms with E-state index in [0.717, 1.165) is 43.5 Å². The third-order valence-corrected chi connectivity index (χ3v) is 14.0. The number of hydrogen-bond acceptors (Lipinski definition) is 23. The molecule has 4 aromatic carbocycles. The molecular weight excluding hydrogens is 1070 g/mol. The molecule has 0 unspecified atom stereocenters. The number of anilines is 8. The SMILES string of the molecule is COc1nc(Nc2ccc(/C=C/c3ccc(Nc4nc(Cl)nc(Nc5cc(S(=O)(=O)O)ccc5S(=O)(=O)O)n4)cc3S(=O)(=O)O)c(S(=O)(=O)O)c2)nc(Nc2cc(S(=O)(=O)O)ccc2S(=O)(=O)O)n1. The molecule has 29 nitrogen and oxygen atoms in total. The molecule has 0 aliphatic carbocycles. The molecule has 0 saturated carbocycles. The predicted molar refractivity (Wildman–Crippen MR) is 238 cm³/mol. The molecule has 0 amide bonds. The number of nitrogens with one attached hydrogen (secondary N) is 4. The molecule has 36 heteroatoms. The number of nitrogens with zero attached hydrogens (tertiary/aromatic N) is 6. The molecule has 366 valence electrons. The number of aromatic nitrogens is 6. The Morgan fingerprint density at radius 2 is 0.783 bits per heavy atom. The third-order valence-electron chi connectivity index (χ3n) is 8.49. The van der Waals surface area contributed by atoms with Crippen molar-refractivity contribution in [3.05, 3.63) is 89.2 Å². The maximum Gasteiger partial charge on any atom is 0.322 e. The molecule has 10 N–H and O–H groups in total. The van der Waals surface area contributed by atoms with Gasteiger partial charge in [0, 0.05) is 11.4 Å². The van der Waals surface area contributed by atoms with E-state index >= 15 is 0 Å². The molecule has 69 heavy (non-hydrogen) atoms. The summed E-state index contributed by atoms with van der Waals surface area (Å²) >= 11 is 6.00. The number of benzene rings is 4. The van der Waals surface area contributed by atoms with Crippen LogP contribution in [0.2, 0.25) is 5.28 Å². The molecule has 0 atom stereocenters. The van der Waals surface area contributed by atoms with Crippen LogP contribution in [0.4, 0.5) is 46.5 Å². The van der Waals surface area contributed by atoms with Gasteiger partial charge in [0.1, 0.15) is 19.6 Å². The number of hydrogen-bond donors (Lipinski definition) is 10.